The summed E-state index contributed by atoms with van der Waals surface area (Å²) in [6.45, 7) is 1.79. The van der Waals surface area contributed by atoms with E-state index in [1.165, 1.54) is 0 Å². The summed E-state index contributed by atoms with van der Waals surface area (Å²) in [5, 5.41) is 6.12. The highest BCUT2D eigenvalue weighted by atomic mass is 79.9. The normalized spacial score (nSPS) is 9.76. The highest BCUT2D eigenvalue weighted by Gasteiger charge is 2.03. The predicted molar refractivity (Wildman–Crippen MR) is 72.4 cm³/mol. The molecule has 0 bridgehead atoms. The Hall–Kier alpha value is -1.36. The second-order valence-corrected chi connectivity index (χ2v) is 4.26. The Morgan fingerprint density at radius 2 is 1.76 bits per heavy atom. The minimum atomic E-state index is -0.0548. The Bertz CT molecular complexity index is 407. The smallest absolute Gasteiger partial charge is 0.225 e. The van der Waals surface area contributed by atoms with E-state index in [-0.39, 0.29) is 11.8 Å². The van der Waals surface area contributed by atoms with Gasteiger partial charge in [0.05, 0.1) is 0 Å². The van der Waals surface area contributed by atoms with Crippen LogP contribution in [0.15, 0.2) is 24.3 Å². The van der Waals surface area contributed by atoms with Gasteiger partial charge in [0.25, 0.3) is 0 Å². The summed E-state index contributed by atoms with van der Waals surface area (Å²) in [6, 6.07) is 7.09. The van der Waals surface area contributed by atoms with E-state index in [4.69, 9.17) is 0 Å². The zero-order chi connectivity index (χ0) is 12.7. The Labute approximate surface area is 109 Å². The van der Waals surface area contributed by atoms with Gasteiger partial charge in [-0.15, -0.1) is 0 Å². The topological polar surface area (TPSA) is 58.2 Å². The van der Waals surface area contributed by atoms with Crippen molar-refractivity contribution in [3.63, 3.8) is 0 Å². The van der Waals surface area contributed by atoms with Gasteiger partial charge in [0, 0.05) is 29.5 Å². The van der Waals surface area contributed by atoms with Crippen LogP contribution in [-0.2, 0) is 9.59 Å². The molecule has 1 rings (SSSR count). The molecule has 4 nitrogen and oxygen atoms in total. The molecule has 2 amide bonds. The average molecular weight is 299 g/mol. The fraction of sp³-hybridized carbons (Fsp3) is 0.333. The molecule has 0 heterocycles. The van der Waals surface area contributed by atoms with Crippen molar-refractivity contribution in [2.24, 2.45) is 0 Å². The summed E-state index contributed by atoms with van der Waals surface area (Å²) in [5.41, 5.74) is 1.37. The van der Waals surface area contributed by atoms with E-state index in [1.54, 1.807) is 31.2 Å². The maximum Gasteiger partial charge on any atom is 0.225 e. The first-order chi connectivity index (χ1) is 8.15. The molecule has 0 aromatic heterocycles. The second kappa shape index (κ2) is 7.06. The van der Waals surface area contributed by atoms with Crippen LogP contribution in [0.3, 0.4) is 0 Å². The van der Waals surface area contributed by atoms with Crippen LogP contribution in [0.25, 0.3) is 0 Å². The average Bonchev–Trinajstić information content (AvgIpc) is 2.29. The molecular formula is C12H15BrN2O2. The summed E-state index contributed by atoms with van der Waals surface area (Å²) in [5.74, 6) is -0.102. The molecule has 0 radical (unpaired) electrons. The Morgan fingerprint density at radius 1 is 1.18 bits per heavy atom. The van der Waals surface area contributed by atoms with Crippen molar-refractivity contribution in [2.75, 3.05) is 16.0 Å². The monoisotopic (exact) mass is 298 g/mol. The van der Waals surface area contributed by atoms with Crippen molar-refractivity contribution < 1.29 is 9.59 Å². The number of carbonyl (C=O) groups is 2. The fourth-order valence-electron chi connectivity index (χ4n) is 1.23. The molecule has 92 valence electrons. The fourth-order valence-corrected chi connectivity index (χ4v) is 1.59. The second-order valence-electron chi connectivity index (χ2n) is 3.47. The Kier molecular flexibility index (Phi) is 5.69. The number of hydrogen-bond acceptors (Lipinski definition) is 2. The van der Waals surface area contributed by atoms with Crippen molar-refractivity contribution >= 4 is 39.1 Å². The molecule has 1 aromatic carbocycles. The van der Waals surface area contributed by atoms with Crippen molar-refractivity contribution in [3.05, 3.63) is 24.3 Å². The first-order valence-electron chi connectivity index (χ1n) is 5.41. The number of anilines is 2. The van der Waals surface area contributed by atoms with Gasteiger partial charge in [-0.2, -0.15) is 0 Å². The molecule has 1 aromatic rings. The van der Waals surface area contributed by atoms with Gasteiger partial charge in [-0.3, -0.25) is 9.59 Å². The lowest BCUT2D eigenvalue weighted by atomic mass is 10.2. The molecule has 0 spiro atoms. The zero-order valence-corrected chi connectivity index (χ0v) is 11.2. The molecule has 5 heteroatoms. The first kappa shape index (κ1) is 13.7. The van der Waals surface area contributed by atoms with Crippen LogP contribution in [0.2, 0.25) is 0 Å². The molecule has 0 aliphatic heterocycles. The van der Waals surface area contributed by atoms with Crippen LogP contribution in [0.4, 0.5) is 11.4 Å². The SMILES string of the molecule is CCC(=O)Nc1cccc(NC(=O)CCBr)c1. The predicted octanol–water partition coefficient (Wildman–Crippen LogP) is 2.76. The lowest BCUT2D eigenvalue weighted by molar-refractivity contribution is -0.116. The standard InChI is InChI=1S/C12H15BrN2O2/c1-2-11(16)14-9-4-3-5-10(8-9)15-12(17)6-7-13/h3-5,8H,2,6-7H2,1H3,(H,14,16)(H,15,17). The summed E-state index contributed by atoms with van der Waals surface area (Å²) in [7, 11) is 0. The molecule has 17 heavy (non-hydrogen) atoms. The largest absolute Gasteiger partial charge is 0.326 e. The number of alkyl halides is 1. The van der Waals surface area contributed by atoms with E-state index in [2.05, 4.69) is 26.6 Å². The molecule has 0 saturated carbocycles. The van der Waals surface area contributed by atoms with Crippen molar-refractivity contribution in [3.8, 4) is 0 Å². The van der Waals surface area contributed by atoms with Crippen molar-refractivity contribution in [1.29, 1.82) is 0 Å². The molecule has 0 atom stereocenters. The van der Waals surface area contributed by atoms with Gasteiger partial charge < -0.3 is 10.6 Å². The molecule has 0 aliphatic rings. The number of rotatable bonds is 5. The molecule has 0 unspecified atom stereocenters. The summed E-state index contributed by atoms with van der Waals surface area (Å²) in [6.07, 6.45) is 0.853. The number of hydrogen-bond donors (Lipinski definition) is 2. The van der Waals surface area contributed by atoms with E-state index < -0.39 is 0 Å². The highest BCUT2D eigenvalue weighted by molar-refractivity contribution is 9.09. The van der Waals surface area contributed by atoms with Crippen LogP contribution in [-0.4, -0.2) is 17.1 Å². The van der Waals surface area contributed by atoms with E-state index in [1.807, 2.05) is 0 Å². The summed E-state index contributed by atoms with van der Waals surface area (Å²) >= 11 is 3.20. The van der Waals surface area contributed by atoms with Crippen LogP contribution in [0.5, 0.6) is 0 Å². The number of nitrogens with one attached hydrogen (secondary N) is 2. The molecule has 0 saturated heterocycles. The number of halogens is 1. The van der Waals surface area contributed by atoms with Gasteiger partial charge in [0.1, 0.15) is 0 Å². The minimum absolute atomic E-state index is 0.0473. The van der Waals surface area contributed by atoms with Crippen LogP contribution >= 0.6 is 15.9 Å². The maximum absolute atomic E-state index is 11.4. The van der Waals surface area contributed by atoms with Gasteiger partial charge >= 0.3 is 0 Å². The van der Waals surface area contributed by atoms with Gasteiger partial charge in [-0.05, 0) is 18.2 Å². The van der Waals surface area contributed by atoms with Crippen LogP contribution < -0.4 is 10.6 Å². The van der Waals surface area contributed by atoms with E-state index in [0.717, 1.165) is 0 Å². The summed E-state index contributed by atoms with van der Waals surface area (Å²) in [4.78, 5) is 22.6. The van der Waals surface area contributed by atoms with Crippen molar-refractivity contribution in [2.45, 2.75) is 19.8 Å². The Morgan fingerprint density at radius 3 is 2.29 bits per heavy atom. The zero-order valence-electron chi connectivity index (χ0n) is 9.63. The van der Waals surface area contributed by atoms with Gasteiger partial charge in [0.2, 0.25) is 11.8 Å². The van der Waals surface area contributed by atoms with Gasteiger partial charge in [-0.25, -0.2) is 0 Å². The molecule has 0 fully saturated rings. The highest BCUT2D eigenvalue weighted by Crippen LogP contribution is 2.15. The van der Waals surface area contributed by atoms with E-state index in [0.29, 0.717) is 29.5 Å². The third-order valence-corrected chi connectivity index (χ3v) is 2.47. The third-order valence-electron chi connectivity index (χ3n) is 2.07. The number of carbonyl (C=O) groups excluding carboxylic acids is 2. The molecule has 0 aliphatic carbocycles. The quantitative estimate of drug-likeness (QED) is 0.821. The lowest BCUT2D eigenvalue weighted by Gasteiger charge is -2.07. The van der Waals surface area contributed by atoms with E-state index >= 15 is 0 Å². The van der Waals surface area contributed by atoms with Gasteiger partial charge in [0.15, 0.2) is 0 Å². The van der Waals surface area contributed by atoms with Crippen LogP contribution in [0.1, 0.15) is 19.8 Å². The number of amides is 2. The number of benzene rings is 1. The first-order valence-corrected chi connectivity index (χ1v) is 6.53. The third kappa shape index (κ3) is 4.99. The lowest BCUT2D eigenvalue weighted by Crippen LogP contribution is -2.13. The summed E-state index contributed by atoms with van der Waals surface area (Å²) < 4.78 is 0. The Balaban J connectivity index is 2.65. The van der Waals surface area contributed by atoms with Crippen LogP contribution in [0, 0.1) is 0 Å². The van der Waals surface area contributed by atoms with Gasteiger partial charge in [-0.1, -0.05) is 28.9 Å². The van der Waals surface area contributed by atoms with E-state index in [9.17, 15) is 9.59 Å². The maximum atomic E-state index is 11.4. The molecular weight excluding hydrogens is 284 g/mol. The molecule has 2 N–H and O–H groups in total. The van der Waals surface area contributed by atoms with Crippen molar-refractivity contribution in [1.82, 2.24) is 0 Å². The minimum Gasteiger partial charge on any atom is -0.326 e.